The second kappa shape index (κ2) is 3.71. The Morgan fingerprint density at radius 3 is 3.00 bits per heavy atom. The zero-order valence-electron chi connectivity index (χ0n) is 8.59. The lowest BCUT2D eigenvalue weighted by atomic mass is 9.79. The number of likely N-dealkylation sites (N-methyl/N-ethyl adjacent to an activating group) is 1. The molecule has 2 N–H and O–H groups in total. The SMILES string of the molecule is CNC[C@@]1(O)CCCc2ccccc21. The van der Waals surface area contributed by atoms with Crippen molar-refractivity contribution >= 4 is 0 Å². The second-order valence-corrected chi connectivity index (χ2v) is 4.07. The van der Waals surface area contributed by atoms with Gasteiger partial charge in [0.05, 0.1) is 0 Å². The highest BCUT2D eigenvalue weighted by Crippen LogP contribution is 2.34. The average Bonchev–Trinajstić information content (AvgIpc) is 2.19. The van der Waals surface area contributed by atoms with Gasteiger partial charge in [-0.25, -0.2) is 0 Å². The van der Waals surface area contributed by atoms with E-state index in [4.69, 9.17) is 0 Å². The average molecular weight is 191 g/mol. The van der Waals surface area contributed by atoms with Crippen molar-refractivity contribution in [2.45, 2.75) is 24.9 Å². The molecule has 0 unspecified atom stereocenters. The van der Waals surface area contributed by atoms with E-state index in [9.17, 15) is 5.11 Å². The van der Waals surface area contributed by atoms with Gasteiger partial charge in [0.15, 0.2) is 0 Å². The number of aryl methyl sites for hydroxylation is 1. The second-order valence-electron chi connectivity index (χ2n) is 4.07. The first kappa shape index (κ1) is 9.69. The topological polar surface area (TPSA) is 32.3 Å². The largest absolute Gasteiger partial charge is 0.384 e. The lowest BCUT2D eigenvalue weighted by Crippen LogP contribution is -2.39. The molecule has 0 bridgehead atoms. The number of hydrogen-bond acceptors (Lipinski definition) is 2. The molecule has 0 radical (unpaired) electrons. The molecule has 0 spiro atoms. The maximum atomic E-state index is 10.5. The molecule has 1 atom stereocenters. The summed E-state index contributed by atoms with van der Waals surface area (Å²) in [5, 5.41) is 13.5. The number of aliphatic hydroxyl groups is 1. The number of rotatable bonds is 2. The highest BCUT2D eigenvalue weighted by Gasteiger charge is 2.32. The molecule has 0 fully saturated rings. The van der Waals surface area contributed by atoms with E-state index in [1.165, 1.54) is 5.56 Å². The van der Waals surface area contributed by atoms with Crippen molar-refractivity contribution in [2.24, 2.45) is 0 Å². The quantitative estimate of drug-likeness (QED) is 0.741. The van der Waals surface area contributed by atoms with Crippen LogP contribution in [0, 0.1) is 0 Å². The van der Waals surface area contributed by atoms with E-state index in [-0.39, 0.29) is 0 Å². The molecule has 2 rings (SSSR count). The van der Waals surface area contributed by atoms with E-state index in [2.05, 4.69) is 11.4 Å². The van der Waals surface area contributed by atoms with E-state index in [1.54, 1.807) is 0 Å². The van der Waals surface area contributed by atoms with E-state index < -0.39 is 5.60 Å². The van der Waals surface area contributed by atoms with Gasteiger partial charge in [0, 0.05) is 6.54 Å². The number of fused-ring (bicyclic) bond motifs is 1. The van der Waals surface area contributed by atoms with E-state index in [0.29, 0.717) is 6.54 Å². The van der Waals surface area contributed by atoms with Crippen LogP contribution in [0.1, 0.15) is 24.0 Å². The summed E-state index contributed by atoms with van der Waals surface area (Å²) in [7, 11) is 1.88. The first-order chi connectivity index (χ1) is 6.76. The van der Waals surface area contributed by atoms with Crippen molar-refractivity contribution < 1.29 is 5.11 Å². The molecule has 0 saturated carbocycles. The molecule has 0 aromatic heterocycles. The molecule has 2 nitrogen and oxygen atoms in total. The van der Waals surface area contributed by atoms with Crippen molar-refractivity contribution in [3.63, 3.8) is 0 Å². The Balaban J connectivity index is 2.39. The Bertz CT molecular complexity index is 324. The summed E-state index contributed by atoms with van der Waals surface area (Å²) >= 11 is 0. The van der Waals surface area contributed by atoms with Crippen molar-refractivity contribution in [2.75, 3.05) is 13.6 Å². The molecule has 14 heavy (non-hydrogen) atoms. The van der Waals surface area contributed by atoms with E-state index >= 15 is 0 Å². The first-order valence-corrected chi connectivity index (χ1v) is 5.22. The molecule has 2 heteroatoms. The third-order valence-electron chi connectivity index (χ3n) is 3.02. The Labute approximate surface area is 85.0 Å². The van der Waals surface area contributed by atoms with Gasteiger partial charge in [-0.05, 0) is 37.4 Å². The maximum Gasteiger partial charge on any atom is 0.102 e. The summed E-state index contributed by atoms with van der Waals surface area (Å²) in [5.41, 5.74) is 1.76. The Hall–Kier alpha value is -0.860. The molecule has 1 aliphatic rings. The van der Waals surface area contributed by atoms with E-state index in [1.807, 2.05) is 25.2 Å². The van der Waals surface area contributed by atoms with Crippen molar-refractivity contribution in [3.8, 4) is 0 Å². The molecule has 1 aliphatic carbocycles. The predicted octanol–water partition coefficient (Wildman–Crippen LogP) is 1.43. The molecule has 1 aromatic rings. The minimum atomic E-state index is -0.649. The highest BCUT2D eigenvalue weighted by atomic mass is 16.3. The number of hydrogen-bond donors (Lipinski definition) is 2. The normalized spacial score (nSPS) is 25.9. The van der Waals surface area contributed by atoms with Gasteiger partial charge >= 0.3 is 0 Å². The van der Waals surface area contributed by atoms with Crippen LogP contribution in [0.25, 0.3) is 0 Å². The third kappa shape index (κ3) is 1.56. The van der Waals surface area contributed by atoms with Crippen LogP contribution < -0.4 is 5.32 Å². The van der Waals surface area contributed by atoms with Crippen molar-refractivity contribution in [3.05, 3.63) is 35.4 Å². The van der Waals surface area contributed by atoms with Gasteiger partial charge in [-0.2, -0.15) is 0 Å². The van der Waals surface area contributed by atoms with Crippen LogP contribution in [0.5, 0.6) is 0 Å². The van der Waals surface area contributed by atoms with Gasteiger partial charge in [0.1, 0.15) is 5.60 Å². The Morgan fingerprint density at radius 2 is 2.21 bits per heavy atom. The fourth-order valence-corrected chi connectivity index (χ4v) is 2.37. The molecular weight excluding hydrogens is 174 g/mol. The molecule has 0 saturated heterocycles. The zero-order valence-corrected chi connectivity index (χ0v) is 8.59. The van der Waals surface area contributed by atoms with Gasteiger partial charge < -0.3 is 10.4 Å². The van der Waals surface area contributed by atoms with Crippen LogP contribution >= 0.6 is 0 Å². The molecule has 1 aromatic carbocycles. The van der Waals surface area contributed by atoms with Gasteiger partial charge in [-0.1, -0.05) is 24.3 Å². The summed E-state index contributed by atoms with van der Waals surface area (Å²) in [4.78, 5) is 0. The summed E-state index contributed by atoms with van der Waals surface area (Å²) in [5.74, 6) is 0. The predicted molar refractivity (Wildman–Crippen MR) is 57.2 cm³/mol. The smallest absolute Gasteiger partial charge is 0.102 e. The summed E-state index contributed by atoms with van der Waals surface area (Å²) < 4.78 is 0. The fraction of sp³-hybridized carbons (Fsp3) is 0.500. The third-order valence-corrected chi connectivity index (χ3v) is 3.02. The highest BCUT2D eigenvalue weighted by molar-refractivity contribution is 5.34. The summed E-state index contributed by atoms with van der Waals surface area (Å²) in [6, 6.07) is 8.22. The summed E-state index contributed by atoms with van der Waals surface area (Å²) in [6.07, 6.45) is 3.04. The number of benzene rings is 1. The van der Waals surface area contributed by atoms with Crippen molar-refractivity contribution in [1.82, 2.24) is 5.32 Å². The molecule has 0 amide bonds. The molecule has 0 aliphatic heterocycles. The lowest BCUT2D eigenvalue weighted by molar-refractivity contribution is 0.0211. The summed E-state index contributed by atoms with van der Waals surface area (Å²) in [6.45, 7) is 0.643. The number of nitrogens with one attached hydrogen (secondary N) is 1. The minimum Gasteiger partial charge on any atom is -0.384 e. The van der Waals surface area contributed by atoms with Crippen LogP contribution in [-0.4, -0.2) is 18.7 Å². The van der Waals surface area contributed by atoms with Gasteiger partial charge in [0.25, 0.3) is 0 Å². The standard InChI is InChI=1S/C12H17NO/c1-13-9-12(14)8-4-6-10-5-2-3-7-11(10)12/h2-3,5,7,13-14H,4,6,8-9H2,1H3/t12-/m0/s1. The maximum absolute atomic E-state index is 10.5. The van der Waals surface area contributed by atoms with Crippen LogP contribution in [0.15, 0.2) is 24.3 Å². The van der Waals surface area contributed by atoms with Gasteiger partial charge in [-0.3, -0.25) is 0 Å². The Kier molecular flexibility index (Phi) is 2.57. The first-order valence-electron chi connectivity index (χ1n) is 5.22. The lowest BCUT2D eigenvalue weighted by Gasteiger charge is -2.34. The van der Waals surface area contributed by atoms with Crippen LogP contribution in [0.2, 0.25) is 0 Å². The molecule has 0 heterocycles. The van der Waals surface area contributed by atoms with E-state index in [0.717, 1.165) is 24.8 Å². The zero-order chi connectivity index (χ0) is 10.0. The van der Waals surface area contributed by atoms with Gasteiger partial charge in [-0.15, -0.1) is 0 Å². The van der Waals surface area contributed by atoms with Gasteiger partial charge in [0.2, 0.25) is 0 Å². The van der Waals surface area contributed by atoms with Crippen molar-refractivity contribution in [1.29, 1.82) is 0 Å². The Morgan fingerprint density at radius 1 is 1.43 bits per heavy atom. The van der Waals surface area contributed by atoms with Crippen LogP contribution in [-0.2, 0) is 12.0 Å². The fourth-order valence-electron chi connectivity index (χ4n) is 2.37. The van der Waals surface area contributed by atoms with Crippen LogP contribution in [0.3, 0.4) is 0 Å². The minimum absolute atomic E-state index is 0.643. The molecule has 76 valence electrons. The molecular formula is C12H17NO. The monoisotopic (exact) mass is 191 g/mol. The van der Waals surface area contributed by atoms with Crippen LogP contribution in [0.4, 0.5) is 0 Å².